The van der Waals surface area contributed by atoms with Crippen LogP contribution in [0.15, 0.2) is 48.5 Å². The number of fused-ring (bicyclic) bond motifs is 2. The molecule has 0 spiro atoms. The molecule has 0 radical (unpaired) electrons. The van der Waals surface area contributed by atoms with E-state index in [-0.39, 0.29) is 22.7 Å². The molecule has 0 fully saturated rings. The number of ether oxygens (including phenoxy) is 4. The van der Waals surface area contributed by atoms with Crippen molar-refractivity contribution >= 4 is 23.7 Å². The topological polar surface area (TPSA) is 71.1 Å². The number of benzene rings is 3. The maximum absolute atomic E-state index is 13.3. The molecule has 6 nitrogen and oxygen atoms in total. The first kappa shape index (κ1) is 21.2. The molecular formula is C26H22O6. The van der Waals surface area contributed by atoms with Crippen molar-refractivity contribution in [1.82, 2.24) is 0 Å². The highest BCUT2D eigenvalue weighted by Crippen LogP contribution is 2.41. The van der Waals surface area contributed by atoms with Gasteiger partial charge in [-0.05, 0) is 23.8 Å². The van der Waals surface area contributed by atoms with Gasteiger partial charge in [0.1, 0.15) is 11.5 Å². The molecule has 3 aromatic rings. The Bertz CT molecular complexity index is 1260. The summed E-state index contributed by atoms with van der Waals surface area (Å²) in [5.74, 6) is 1.33. The number of carbonyl (C=O) groups is 2. The van der Waals surface area contributed by atoms with Gasteiger partial charge >= 0.3 is 0 Å². The summed E-state index contributed by atoms with van der Waals surface area (Å²) in [7, 11) is 6.10. The zero-order valence-electron chi connectivity index (χ0n) is 18.2. The molecule has 1 aliphatic carbocycles. The van der Waals surface area contributed by atoms with Crippen LogP contribution in [0.1, 0.15) is 43.0 Å². The average molecular weight is 430 g/mol. The van der Waals surface area contributed by atoms with Gasteiger partial charge in [-0.1, -0.05) is 42.5 Å². The first-order chi connectivity index (χ1) is 15.5. The minimum atomic E-state index is -0.272. The molecule has 0 saturated carbocycles. The van der Waals surface area contributed by atoms with E-state index < -0.39 is 0 Å². The lowest BCUT2D eigenvalue weighted by Crippen LogP contribution is -2.23. The molecule has 0 amide bonds. The van der Waals surface area contributed by atoms with Crippen LogP contribution in [0.2, 0.25) is 0 Å². The Hall–Kier alpha value is -4.06. The SMILES string of the molecule is COc1ccc(/C=C/c2cc(OC)c3c(c2OC)C(=O)c2ccccc2C3=O)cc1OC. The maximum atomic E-state index is 13.3. The molecule has 1 aliphatic rings. The van der Waals surface area contributed by atoms with Crippen molar-refractivity contribution in [1.29, 1.82) is 0 Å². The summed E-state index contributed by atoms with van der Waals surface area (Å²) in [4.78, 5) is 26.5. The highest BCUT2D eigenvalue weighted by atomic mass is 16.5. The number of methoxy groups -OCH3 is 4. The van der Waals surface area contributed by atoms with Crippen LogP contribution in [0.3, 0.4) is 0 Å². The first-order valence-corrected chi connectivity index (χ1v) is 9.91. The number of carbonyl (C=O) groups excluding carboxylic acids is 2. The van der Waals surface area contributed by atoms with Gasteiger partial charge in [-0.15, -0.1) is 0 Å². The molecule has 0 heterocycles. The third kappa shape index (κ3) is 3.39. The molecule has 0 bridgehead atoms. The minimum absolute atomic E-state index is 0.211. The van der Waals surface area contributed by atoms with Gasteiger partial charge in [0.05, 0.1) is 39.6 Å². The molecule has 162 valence electrons. The largest absolute Gasteiger partial charge is 0.496 e. The quantitative estimate of drug-likeness (QED) is 0.414. The molecule has 0 aromatic heterocycles. The molecule has 6 heteroatoms. The molecule has 0 saturated heterocycles. The fourth-order valence-corrected chi connectivity index (χ4v) is 3.90. The van der Waals surface area contributed by atoms with E-state index in [9.17, 15) is 9.59 Å². The third-order valence-electron chi connectivity index (χ3n) is 5.43. The van der Waals surface area contributed by atoms with Crippen molar-refractivity contribution in [2.75, 3.05) is 28.4 Å². The predicted molar refractivity (Wildman–Crippen MR) is 121 cm³/mol. The lowest BCUT2D eigenvalue weighted by Gasteiger charge is -2.23. The Morgan fingerprint density at radius 2 is 1.25 bits per heavy atom. The fraction of sp³-hybridized carbons (Fsp3) is 0.154. The molecule has 0 N–H and O–H groups in total. The van der Waals surface area contributed by atoms with E-state index in [0.717, 1.165) is 5.56 Å². The van der Waals surface area contributed by atoms with Crippen LogP contribution in [0.25, 0.3) is 12.2 Å². The first-order valence-electron chi connectivity index (χ1n) is 9.91. The van der Waals surface area contributed by atoms with Crippen LogP contribution < -0.4 is 18.9 Å². The summed E-state index contributed by atoms with van der Waals surface area (Å²) in [6, 6.07) is 14.0. The summed E-state index contributed by atoms with van der Waals surface area (Å²) in [5.41, 5.74) is 2.61. The van der Waals surface area contributed by atoms with Gasteiger partial charge in [-0.2, -0.15) is 0 Å². The summed E-state index contributed by atoms with van der Waals surface area (Å²) in [5, 5.41) is 0. The van der Waals surface area contributed by atoms with Crippen LogP contribution in [-0.4, -0.2) is 40.0 Å². The van der Waals surface area contributed by atoms with Crippen LogP contribution >= 0.6 is 0 Å². The van der Waals surface area contributed by atoms with E-state index in [1.807, 2.05) is 24.3 Å². The lowest BCUT2D eigenvalue weighted by molar-refractivity contribution is 0.0974. The van der Waals surface area contributed by atoms with Gasteiger partial charge in [0.25, 0.3) is 0 Å². The van der Waals surface area contributed by atoms with Gasteiger partial charge in [0.15, 0.2) is 23.1 Å². The Morgan fingerprint density at radius 1 is 0.625 bits per heavy atom. The second-order valence-corrected chi connectivity index (χ2v) is 7.10. The number of rotatable bonds is 6. The molecule has 0 atom stereocenters. The van der Waals surface area contributed by atoms with E-state index in [1.165, 1.54) is 14.2 Å². The molecule has 32 heavy (non-hydrogen) atoms. The van der Waals surface area contributed by atoms with Crippen LogP contribution in [0.4, 0.5) is 0 Å². The Balaban J connectivity index is 1.86. The van der Waals surface area contributed by atoms with Crippen molar-refractivity contribution in [2.24, 2.45) is 0 Å². The smallest absolute Gasteiger partial charge is 0.198 e. The van der Waals surface area contributed by atoms with Crippen molar-refractivity contribution in [3.8, 4) is 23.0 Å². The number of hydrogen-bond acceptors (Lipinski definition) is 6. The molecule has 0 unspecified atom stereocenters. The van der Waals surface area contributed by atoms with E-state index >= 15 is 0 Å². The second-order valence-electron chi connectivity index (χ2n) is 7.10. The van der Waals surface area contributed by atoms with Crippen LogP contribution in [-0.2, 0) is 0 Å². The molecule has 4 rings (SSSR count). The van der Waals surface area contributed by atoms with Crippen molar-refractivity contribution in [2.45, 2.75) is 0 Å². The fourth-order valence-electron chi connectivity index (χ4n) is 3.90. The lowest BCUT2D eigenvalue weighted by atomic mass is 9.82. The van der Waals surface area contributed by atoms with Crippen molar-refractivity contribution in [3.05, 3.63) is 81.9 Å². The second kappa shape index (κ2) is 8.59. The minimum Gasteiger partial charge on any atom is -0.496 e. The van der Waals surface area contributed by atoms with Gasteiger partial charge in [0.2, 0.25) is 0 Å². The summed E-state index contributed by atoms with van der Waals surface area (Å²) in [6.45, 7) is 0. The highest BCUT2D eigenvalue weighted by Gasteiger charge is 2.36. The van der Waals surface area contributed by atoms with E-state index in [4.69, 9.17) is 18.9 Å². The van der Waals surface area contributed by atoms with Crippen LogP contribution in [0, 0.1) is 0 Å². The molecule has 0 aliphatic heterocycles. The standard InChI is InChI=1S/C26H22O6/c1-29-19-12-10-15(13-20(19)30-2)9-11-16-14-21(31-3)22-23(26(16)32-4)25(28)18-8-6-5-7-17(18)24(22)27/h5-14H,1-4H3/b11-9+. The van der Waals surface area contributed by atoms with Crippen molar-refractivity contribution < 1.29 is 28.5 Å². The Labute approximate surface area is 186 Å². The maximum Gasteiger partial charge on any atom is 0.198 e. The Morgan fingerprint density at radius 3 is 1.84 bits per heavy atom. The highest BCUT2D eigenvalue weighted by molar-refractivity contribution is 6.30. The summed E-state index contributed by atoms with van der Waals surface area (Å²) < 4.78 is 21.8. The summed E-state index contributed by atoms with van der Waals surface area (Å²) >= 11 is 0. The predicted octanol–water partition coefficient (Wildman–Crippen LogP) is 4.67. The van der Waals surface area contributed by atoms with Gasteiger partial charge in [-0.3, -0.25) is 9.59 Å². The summed E-state index contributed by atoms with van der Waals surface area (Å²) in [6.07, 6.45) is 3.66. The van der Waals surface area contributed by atoms with Crippen molar-refractivity contribution in [3.63, 3.8) is 0 Å². The van der Waals surface area contributed by atoms with Crippen LogP contribution in [0.5, 0.6) is 23.0 Å². The zero-order valence-corrected chi connectivity index (χ0v) is 18.2. The number of ketones is 2. The van der Waals surface area contributed by atoms with E-state index in [1.54, 1.807) is 50.6 Å². The van der Waals surface area contributed by atoms with Gasteiger partial charge < -0.3 is 18.9 Å². The van der Waals surface area contributed by atoms with E-state index in [2.05, 4.69) is 0 Å². The molecular weight excluding hydrogens is 408 g/mol. The Kier molecular flexibility index (Phi) is 5.69. The average Bonchev–Trinajstić information content (AvgIpc) is 2.84. The normalized spacial score (nSPS) is 12.4. The van der Waals surface area contributed by atoms with Gasteiger partial charge in [0, 0.05) is 16.7 Å². The zero-order chi connectivity index (χ0) is 22.8. The molecule has 3 aromatic carbocycles. The van der Waals surface area contributed by atoms with E-state index in [0.29, 0.717) is 39.7 Å². The monoisotopic (exact) mass is 430 g/mol. The third-order valence-corrected chi connectivity index (χ3v) is 5.43. The number of hydrogen-bond donors (Lipinski definition) is 0. The van der Waals surface area contributed by atoms with Gasteiger partial charge in [-0.25, -0.2) is 0 Å².